The highest BCUT2D eigenvalue weighted by Gasteiger charge is 2.27. The van der Waals surface area contributed by atoms with Gasteiger partial charge in [-0.1, -0.05) is 34.6 Å². The number of aryl methyl sites for hydroxylation is 2. The monoisotopic (exact) mass is 528 g/mol. The molecule has 3 heterocycles. The second-order valence-electron chi connectivity index (χ2n) is 9.22. The van der Waals surface area contributed by atoms with Gasteiger partial charge in [0.2, 0.25) is 0 Å². The Hall–Kier alpha value is -5.20. The Morgan fingerprint density at radius 3 is 2.85 bits per heavy atom. The number of carbonyl (C=O) groups is 2. The zero-order valence-electron chi connectivity index (χ0n) is 20.6. The molecule has 12 nitrogen and oxygen atoms in total. The summed E-state index contributed by atoms with van der Waals surface area (Å²) in [7, 11) is 0. The van der Waals surface area contributed by atoms with Crippen molar-refractivity contribution in [1.82, 2.24) is 40.6 Å². The van der Waals surface area contributed by atoms with E-state index < -0.39 is 17.6 Å². The average Bonchev–Trinajstić information content (AvgIpc) is 3.68. The highest BCUT2D eigenvalue weighted by molar-refractivity contribution is 5.98. The van der Waals surface area contributed by atoms with Crippen LogP contribution < -0.4 is 16.4 Å². The van der Waals surface area contributed by atoms with E-state index in [0.29, 0.717) is 29.8 Å². The third kappa shape index (κ3) is 4.65. The largest absolute Gasteiger partial charge is 0.439 e. The maximum Gasteiger partial charge on any atom is 0.439 e. The van der Waals surface area contributed by atoms with Crippen molar-refractivity contribution < 1.29 is 18.5 Å². The fraction of sp³-hybridized carbons (Fsp3) is 0.192. The number of rotatable bonds is 6. The van der Waals surface area contributed by atoms with E-state index in [4.69, 9.17) is 0 Å². The first-order chi connectivity index (χ1) is 18.9. The molecule has 0 aliphatic heterocycles. The lowest BCUT2D eigenvalue weighted by atomic mass is 10.0. The molecule has 0 saturated carbocycles. The molecule has 5 aromatic rings. The number of nitrogens with zero attached hydrogens (tertiary/aromatic N) is 5. The SMILES string of the molecule is Cc1cc(CNC(=O)c2cc(C(=O)N[C@H]3CCc4cc(-c5noc(=O)[nH]5)ccc43)n3nncc3n2)ccc1F. The van der Waals surface area contributed by atoms with E-state index in [-0.39, 0.29) is 35.4 Å². The fourth-order valence-corrected chi connectivity index (χ4v) is 4.69. The lowest BCUT2D eigenvalue weighted by molar-refractivity contribution is 0.0928. The predicted octanol–water partition coefficient (Wildman–Crippen LogP) is 2.26. The Bertz CT molecular complexity index is 1810. The molecule has 2 amide bonds. The molecule has 13 heteroatoms. The van der Waals surface area contributed by atoms with Gasteiger partial charge in [0.1, 0.15) is 17.2 Å². The summed E-state index contributed by atoms with van der Waals surface area (Å²) in [6, 6.07) is 11.3. The number of benzene rings is 2. The van der Waals surface area contributed by atoms with Crippen molar-refractivity contribution in [3.05, 3.63) is 98.7 Å². The molecule has 1 aliphatic rings. The lowest BCUT2D eigenvalue weighted by Gasteiger charge is -2.15. The highest BCUT2D eigenvalue weighted by atomic mass is 19.1. The standard InChI is InChI=1S/C26H21FN8O4/c1-13-8-14(2-6-18(13)27)11-28-24(36)20-10-21(35-22(30-20)12-29-34-35)25(37)31-19-7-4-15-9-16(3-5-17(15)19)23-32-26(38)39-33-23/h2-3,5-6,8-10,12,19H,4,7,11H2,1H3,(H,28,36)(H,31,37)(H,32,33,38)/t19-/m0/s1. The summed E-state index contributed by atoms with van der Waals surface area (Å²) in [5, 5.41) is 17.3. The smallest absolute Gasteiger partial charge is 0.347 e. The molecular weight excluding hydrogens is 507 g/mol. The number of nitrogens with one attached hydrogen (secondary N) is 3. The molecule has 3 N–H and O–H groups in total. The first-order valence-corrected chi connectivity index (χ1v) is 12.1. The van der Waals surface area contributed by atoms with Crippen LogP contribution in [0.2, 0.25) is 0 Å². The average molecular weight is 529 g/mol. The molecule has 39 heavy (non-hydrogen) atoms. The number of carbonyl (C=O) groups excluding carboxylic acids is 2. The van der Waals surface area contributed by atoms with Crippen molar-refractivity contribution in [1.29, 1.82) is 0 Å². The molecule has 0 spiro atoms. The van der Waals surface area contributed by atoms with Gasteiger partial charge in [-0.3, -0.25) is 19.1 Å². The van der Waals surface area contributed by atoms with Crippen LogP contribution in [-0.4, -0.2) is 41.8 Å². The van der Waals surface area contributed by atoms with Gasteiger partial charge in [-0.05, 0) is 54.2 Å². The lowest BCUT2D eigenvalue weighted by Crippen LogP contribution is -2.30. The van der Waals surface area contributed by atoms with E-state index >= 15 is 0 Å². The van der Waals surface area contributed by atoms with Gasteiger partial charge in [-0.25, -0.2) is 14.2 Å². The van der Waals surface area contributed by atoms with Crippen LogP contribution in [0.25, 0.3) is 17.0 Å². The van der Waals surface area contributed by atoms with E-state index in [9.17, 15) is 18.8 Å². The minimum Gasteiger partial charge on any atom is -0.347 e. The summed E-state index contributed by atoms with van der Waals surface area (Å²) >= 11 is 0. The van der Waals surface area contributed by atoms with Crippen LogP contribution >= 0.6 is 0 Å². The molecule has 0 radical (unpaired) electrons. The Morgan fingerprint density at radius 1 is 1.18 bits per heavy atom. The van der Waals surface area contributed by atoms with Gasteiger partial charge in [-0.2, -0.15) is 4.52 Å². The van der Waals surface area contributed by atoms with Crippen molar-refractivity contribution in [3.8, 4) is 11.4 Å². The Balaban J connectivity index is 1.21. The first-order valence-electron chi connectivity index (χ1n) is 12.1. The molecule has 1 atom stereocenters. The van der Waals surface area contributed by atoms with E-state index in [0.717, 1.165) is 16.7 Å². The molecule has 0 bridgehead atoms. The molecule has 2 aromatic carbocycles. The van der Waals surface area contributed by atoms with Crippen molar-refractivity contribution in [3.63, 3.8) is 0 Å². The van der Waals surface area contributed by atoms with Crippen LogP contribution in [0.4, 0.5) is 4.39 Å². The molecule has 6 rings (SSSR count). The van der Waals surface area contributed by atoms with Crippen molar-refractivity contribution in [2.75, 3.05) is 0 Å². The zero-order valence-corrected chi connectivity index (χ0v) is 20.6. The topological polar surface area (TPSA) is 160 Å². The molecular formula is C26H21FN8O4. The summed E-state index contributed by atoms with van der Waals surface area (Å²) in [6.45, 7) is 1.81. The zero-order chi connectivity index (χ0) is 27.1. The van der Waals surface area contributed by atoms with Gasteiger partial charge in [-0.15, -0.1) is 5.10 Å². The van der Waals surface area contributed by atoms with Crippen LogP contribution in [0.1, 0.15) is 55.7 Å². The Morgan fingerprint density at radius 2 is 2.05 bits per heavy atom. The van der Waals surface area contributed by atoms with Crippen molar-refractivity contribution in [2.45, 2.75) is 32.4 Å². The third-order valence-corrected chi connectivity index (χ3v) is 6.65. The normalized spacial score (nSPS) is 14.4. The Labute approximate surface area is 219 Å². The van der Waals surface area contributed by atoms with E-state index in [2.05, 4.69) is 40.6 Å². The maximum atomic E-state index is 13.6. The van der Waals surface area contributed by atoms with Crippen LogP contribution in [0.3, 0.4) is 0 Å². The number of aromatic nitrogens is 6. The molecule has 3 aromatic heterocycles. The summed E-state index contributed by atoms with van der Waals surface area (Å²) in [6.07, 6.45) is 2.73. The fourth-order valence-electron chi connectivity index (χ4n) is 4.69. The second kappa shape index (κ2) is 9.59. The summed E-state index contributed by atoms with van der Waals surface area (Å²) in [5.74, 6) is -1.57. The molecule has 0 saturated heterocycles. The number of hydrogen-bond acceptors (Lipinski definition) is 8. The van der Waals surface area contributed by atoms with Crippen molar-refractivity contribution in [2.24, 2.45) is 0 Å². The number of hydrogen-bond donors (Lipinski definition) is 3. The quantitative estimate of drug-likeness (QED) is 0.303. The van der Waals surface area contributed by atoms with E-state index in [1.807, 2.05) is 12.1 Å². The molecule has 1 aliphatic carbocycles. The van der Waals surface area contributed by atoms with Gasteiger partial charge >= 0.3 is 5.76 Å². The molecule has 0 unspecified atom stereocenters. The maximum absolute atomic E-state index is 13.6. The van der Waals surface area contributed by atoms with Gasteiger partial charge < -0.3 is 10.6 Å². The minimum atomic E-state index is -0.633. The number of aromatic amines is 1. The van der Waals surface area contributed by atoms with Gasteiger partial charge in [0.25, 0.3) is 11.8 Å². The second-order valence-corrected chi connectivity index (χ2v) is 9.22. The summed E-state index contributed by atoms with van der Waals surface area (Å²) in [4.78, 5) is 44.4. The van der Waals surface area contributed by atoms with Crippen LogP contribution in [0.15, 0.2) is 58.0 Å². The van der Waals surface area contributed by atoms with Gasteiger partial charge in [0, 0.05) is 18.2 Å². The first kappa shape index (κ1) is 24.2. The Kier molecular flexibility index (Phi) is 5.94. The molecule has 196 valence electrons. The van der Waals surface area contributed by atoms with Crippen LogP contribution in [-0.2, 0) is 13.0 Å². The van der Waals surface area contributed by atoms with Gasteiger partial charge in [0.05, 0.1) is 12.2 Å². The molecule has 0 fully saturated rings. The summed E-state index contributed by atoms with van der Waals surface area (Å²) < 4.78 is 19.4. The van der Waals surface area contributed by atoms with Crippen LogP contribution in [0, 0.1) is 12.7 Å². The number of fused-ring (bicyclic) bond motifs is 2. The number of halogens is 1. The highest BCUT2D eigenvalue weighted by Crippen LogP contribution is 2.33. The van der Waals surface area contributed by atoms with Crippen molar-refractivity contribution >= 4 is 17.5 Å². The predicted molar refractivity (Wildman–Crippen MR) is 134 cm³/mol. The minimum absolute atomic E-state index is 0.0202. The van der Waals surface area contributed by atoms with E-state index in [1.165, 1.54) is 22.8 Å². The number of H-pyrrole nitrogens is 1. The summed E-state index contributed by atoms with van der Waals surface area (Å²) in [5.41, 5.74) is 4.22. The van der Waals surface area contributed by atoms with E-state index in [1.54, 1.807) is 25.1 Å². The third-order valence-electron chi connectivity index (χ3n) is 6.65. The van der Waals surface area contributed by atoms with Gasteiger partial charge in [0.15, 0.2) is 11.5 Å². The number of amides is 2. The van der Waals surface area contributed by atoms with Crippen LogP contribution in [0.5, 0.6) is 0 Å².